The number of thiazole rings is 1. The summed E-state index contributed by atoms with van der Waals surface area (Å²) in [4.78, 5) is 14.7. The first-order valence-corrected chi connectivity index (χ1v) is 5.46. The molecule has 1 unspecified atom stereocenters. The fourth-order valence-electron chi connectivity index (χ4n) is 1.08. The van der Waals surface area contributed by atoms with E-state index in [9.17, 15) is 4.79 Å². The second-order valence-electron chi connectivity index (χ2n) is 2.89. The molecule has 0 saturated heterocycles. The van der Waals surface area contributed by atoms with Gasteiger partial charge in [0, 0.05) is 5.92 Å². The summed E-state index contributed by atoms with van der Waals surface area (Å²) in [5, 5.41) is 9.56. The lowest BCUT2D eigenvalue weighted by molar-refractivity contribution is -0.137. The lowest BCUT2D eigenvalue weighted by Gasteiger charge is -2.04. The Hall–Kier alpha value is -0.420. The maximum Gasteiger partial charge on any atom is 0.304 e. The highest BCUT2D eigenvalue weighted by molar-refractivity contribution is 9.11. The molecule has 13 heavy (non-hydrogen) atoms. The van der Waals surface area contributed by atoms with Gasteiger partial charge in [-0.25, -0.2) is 4.98 Å². The van der Waals surface area contributed by atoms with Crippen molar-refractivity contribution in [2.24, 2.45) is 0 Å². The third kappa shape index (κ3) is 2.77. The van der Waals surface area contributed by atoms with E-state index in [1.807, 2.05) is 13.8 Å². The van der Waals surface area contributed by atoms with Crippen LogP contribution in [0, 0.1) is 6.92 Å². The van der Waals surface area contributed by atoms with Crippen LogP contribution in [0.4, 0.5) is 0 Å². The molecule has 0 bridgehead atoms. The van der Waals surface area contributed by atoms with E-state index in [1.54, 1.807) is 0 Å². The number of nitrogens with zero attached hydrogens (tertiary/aromatic N) is 1. The Balaban J connectivity index is 2.81. The Bertz CT molecular complexity index is 324. The van der Waals surface area contributed by atoms with E-state index < -0.39 is 5.97 Å². The molecule has 1 aromatic heterocycles. The Labute approximate surface area is 88.9 Å². The molecule has 0 saturated carbocycles. The molecule has 0 aliphatic heterocycles. The van der Waals surface area contributed by atoms with Crippen LogP contribution in [-0.4, -0.2) is 16.1 Å². The van der Waals surface area contributed by atoms with Gasteiger partial charge in [0.25, 0.3) is 0 Å². The first-order valence-electron chi connectivity index (χ1n) is 3.85. The summed E-state index contributed by atoms with van der Waals surface area (Å²) in [6.45, 7) is 3.78. The van der Waals surface area contributed by atoms with Gasteiger partial charge in [-0.1, -0.05) is 6.92 Å². The number of halogens is 1. The Kier molecular flexibility index (Phi) is 3.44. The summed E-state index contributed by atoms with van der Waals surface area (Å²) in [5.74, 6) is -0.818. The molecule has 3 nitrogen and oxygen atoms in total. The standard InChI is InChI=1S/C8H10BrNO2S/c1-4(3-6(11)12)7-8(9)13-5(2)10-7/h4H,3H2,1-2H3,(H,11,12). The number of carboxylic acid groups (broad SMARTS) is 1. The summed E-state index contributed by atoms with van der Waals surface area (Å²) < 4.78 is 0.943. The van der Waals surface area contributed by atoms with Crippen LogP contribution < -0.4 is 0 Å². The van der Waals surface area contributed by atoms with Crippen molar-refractivity contribution in [1.82, 2.24) is 4.98 Å². The summed E-state index contributed by atoms with van der Waals surface area (Å²) in [6.07, 6.45) is 0.127. The molecule has 1 heterocycles. The van der Waals surface area contributed by atoms with Gasteiger partial charge in [0.1, 0.15) is 0 Å². The van der Waals surface area contributed by atoms with Gasteiger partial charge in [0.05, 0.1) is 20.9 Å². The highest BCUT2D eigenvalue weighted by atomic mass is 79.9. The van der Waals surface area contributed by atoms with Crippen LogP contribution in [0.5, 0.6) is 0 Å². The number of aryl methyl sites for hydroxylation is 1. The first kappa shape index (κ1) is 10.7. The van der Waals surface area contributed by atoms with Gasteiger partial charge in [-0.2, -0.15) is 0 Å². The van der Waals surface area contributed by atoms with Crippen LogP contribution >= 0.6 is 27.3 Å². The van der Waals surface area contributed by atoms with Gasteiger partial charge in [0.2, 0.25) is 0 Å². The molecule has 0 spiro atoms. The van der Waals surface area contributed by atoms with Crippen molar-refractivity contribution < 1.29 is 9.90 Å². The first-order chi connectivity index (χ1) is 6.00. The number of hydrogen-bond donors (Lipinski definition) is 1. The number of carbonyl (C=O) groups is 1. The molecular formula is C8H10BrNO2S. The highest BCUT2D eigenvalue weighted by Gasteiger charge is 2.16. The number of rotatable bonds is 3. The largest absolute Gasteiger partial charge is 0.481 e. The molecule has 0 amide bonds. The molecule has 0 aliphatic carbocycles. The second kappa shape index (κ2) is 4.19. The van der Waals surface area contributed by atoms with E-state index in [2.05, 4.69) is 20.9 Å². The molecule has 0 aromatic carbocycles. The zero-order valence-corrected chi connectivity index (χ0v) is 9.78. The maximum atomic E-state index is 10.5. The van der Waals surface area contributed by atoms with E-state index in [-0.39, 0.29) is 12.3 Å². The van der Waals surface area contributed by atoms with Crippen molar-refractivity contribution in [3.8, 4) is 0 Å². The van der Waals surface area contributed by atoms with Crippen molar-refractivity contribution >= 4 is 33.2 Å². The maximum absolute atomic E-state index is 10.5. The Morgan fingerprint density at radius 1 is 1.77 bits per heavy atom. The van der Waals surface area contributed by atoms with Gasteiger partial charge in [-0.05, 0) is 22.9 Å². The van der Waals surface area contributed by atoms with Crippen molar-refractivity contribution in [3.63, 3.8) is 0 Å². The van der Waals surface area contributed by atoms with Crippen molar-refractivity contribution in [2.75, 3.05) is 0 Å². The lowest BCUT2D eigenvalue weighted by Crippen LogP contribution is -2.03. The van der Waals surface area contributed by atoms with Crippen molar-refractivity contribution in [2.45, 2.75) is 26.2 Å². The van der Waals surface area contributed by atoms with Gasteiger partial charge in [-0.15, -0.1) is 11.3 Å². The van der Waals surface area contributed by atoms with Crippen LogP contribution in [-0.2, 0) is 4.79 Å². The molecular weight excluding hydrogens is 254 g/mol. The van der Waals surface area contributed by atoms with E-state index >= 15 is 0 Å². The summed E-state index contributed by atoms with van der Waals surface area (Å²) in [5.41, 5.74) is 0.852. The quantitative estimate of drug-likeness (QED) is 0.913. The molecule has 0 aliphatic rings. The van der Waals surface area contributed by atoms with Crippen LogP contribution in [0.2, 0.25) is 0 Å². The SMILES string of the molecule is Cc1nc(C(C)CC(=O)O)c(Br)s1. The summed E-state index contributed by atoms with van der Waals surface area (Å²) >= 11 is 4.91. The predicted molar refractivity (Wildman–Crippen MR) is 55.2 cm³/mol. The minimum Gasteiger partial charge on any atom is -0.481 e. The summed E-state index contributed by atoms with van der Waals surface area (Å²) in [6, 6.07) is 0. The van der Waals surface area contributed by atoms with Crippen LogP contribution in [0.3, 0.4) is 0 Å². The molecule has 1 aromatic rings. The van der Waals surface area contributed by atoms with Gasteiger partial charge >= 0.3 is 5.97 Å². The third-order valence-corrected chi connectivity index (χ3v) is 3.33. The Morgan fingerprint density at radius 2 is 2.38 bits per heavy atom. The van der Waals surface area contributed by atoms with E-state index in [0.29, 0.717) is 0 Å². The molecule has 1 N–H and O–H groups in total. The van der Waals surface area contributed by atoms with Gasteiger partial charge in [-0.3, -0.25) is 4.79 Å². The number of hydrogen-bond acceptors (Lipinski definition) is 3. The number of carboxylic acids is 1. The lowest BCUT2D eigenvalue weighted by atomic mass is 10.1. The van der Waals surface area contributed by atoms with E-state index in [4.69, 9.17) is 5.11 Å². The minimum atomic E-state index is -0.787. The number of aliphatic carboxylic acids is 1. The molecule has 72 valence electrons. The minimum absolute atomic E-state index is 0.0307. The molecule has 0 fully saturated rings. The summed E-state index contributed by atoms with van der Waals surface area (Å²) in [7, 11) is 0. The molecule has 5 heteroatoms. The number of aromatic nitrogens is 1. The average Bonchev–Trinajstić information content (AvgIpc) is 2.28. The zero-order valence-electron chi connectivity index (χ0n) is 7.37. The molecule has 1 rings (SSSR count). The fraction of sp³-hybridized carbons (Fsp3) is 0.500. The van der Waals surface area contributed by atoms with Crippen LogP contribution in [0.15, 0.2) is 3.79 Å². The van der Waals surface area contributed by atoms with Crippen molar-refractivity contribution in [3.05, 3.63) is 14.5 Å². The molecule has 1 atom stereocenters. The van der Waals surface area contributed by atoms with Crippen LogP contribution in [0.25, 0.3) is 0 Å². The second-order valence-corrected chi connectivity index (χ2v) is 5.41. The third-order valence-electron chi connectivity index (χ3n) is 1.66. The van der Waals surface area contributed by atoms with Gasteiger partial charge in [0.15, 0.2) is 0 Å². The highest BCUT2D eigenvalue weighted by Crippen LogP contribution is 2.31. The van der Waals surface area contributed by atoms with E-state index in [1.165, 1.54) is 11.3 Å². The predicted octanol–water partition coefficient (Wildman–Crippen LogP) is 2.79. The van der Waals surface area contributed by atoms with Crippen molar-refractivity contribution in [1.29, 1.82) is 0 Å². The van der Waals surface area contributed by atoms with Crippen LogP contribution in [0.1, 0.15) is 30.0 Å². The van der Waals surface area contributed by atoms with Gasteiger partial charge < -0.3 is 5.11 Å². The Morgan fingerprint density at radius 3 is 2.77 bits per heavy atom. The average molecular weight is 264 g/mol. The smallest absolute Gasteiger partial charge is 0.304 e. The zero-order chi connectivity index (χ0) is 10.0. The van der Waals surface area contributed by atoms with E-state index in [0.717, 1.165) is 14.5 Å². The topological polar surface area (TPSA) is 50.2 Å². The monoisotopic (exact) mass is 263 g/mol. The molecule has 0 radical (unpaired) electrons. The normalized spacial score (nSPS) is 12.8. The fourth-order valence-corrected chi connectivity index (χ4v) is 3.02.